The summed E-state index contributed by atoms with van der Waals surface area (Å²) in [5.41, 5.74) is 13.7. The first-order valence-electron chi connectivity index (χ1n) is 22.4. The fourth-order valence-corrected chi connectivity index (χ4v) is 6.86. The second kappa shape index (κ2) is 29.1. The molecule has 6 aromatic rings. The number of carboxylic acids is 1. The van der Waals surface area contributed by atoms with E-state index in [4.69, 9.17) is 48.7 Å². The lowest BCUT2D eigenvalue weighted by Crippen LogP contribution is -2.04. The van der Waals surface area contributed by atoms with E-state index >= 15 is 0 Å². The topological polar surface area (TPSA) is 154 Å². The molecular formula is C57H65NO11. The zero-order valence-electron chi connectivity index (χ0n) is 40.9. The zero-order valence-corrected chi connectivity index (χ0v) is 40.9. The van der Waals surface area contributed by atoms with Gasteiger partial charge in [0.2, 0.25) is 0 Å². The number of carboxylic acid groups (broad SMARTS) is 1. The first-order chi connectivity index (χ1) is 33.4. The van der Waals surface area contributed by atoms with Crippen LogP contribution in [0.2, 0.25) is 0 Å². The fourth-order valence-electron chi connectivity index (χ4n) is 6.86. The highest BCUT2D eigenvalue weighted by molar-refractivity contribution is 5.93. The molecule has 12 heteroatoms. The maximum absolute atomic E-state index is 12.4. The van der Waals surface area contributed by atoms with Crippen molar-refractivity contribution < 1.29 is 52.6 Å². The molecule has 0 atom stereocenters. The first kappa shape index (κ1) is 53.9. The van der Waals surface area contributed by atoms with Crippen LogP contribution >= 0.6 is 0 Å². The summed E-state index contributed by atoms with van der Waals surface area (Å²) in [6.07, 6.45) is 8.92. The Morgan fingerprint density at radius 3 is 1.29 bits per heavy atom. The van der Waals surface area contributed by atoms with Gasteiger partial charge in [-0.2, -0.15) is 0 Å². The summed E-state index contributed by atoms with van der Waals surface area (Å²) < 4.78 is 43.5. The Morgan fingerprint density at radius 2 is 0.884 bits per heavy atom. The molecule has 0 aliphatic rings. The molecule has 364 valence electrons. The normalized spacial score (nSPS) is 10.6. The number of carbonyl (C=O) groups is 2. The number of hydrogen-bond donors (Lipinski definition) is 2. The number of benzene rings is 6. The first-order valence-corrected chi connectivity index (χ1v) is 22.4. The van der Waals surface area contributed by atoms with Crippen LogP contribution in [-0.4, -0.2) is 66.1 Å². The van der Waals surface area contributed by atoms with Crippen molar-refractivity contribution in [3.63, 3.8) is 0 Å². The molecule has 0 aliphatic carbocycles. The molecule has 0 amide bonds. The van der Waals surface area contributed by atoms with Gasteiger partial charge in [0.25, 0.3) is 0 Å². The molecule has 0 saturated carbocycles. The smallest absolute Gasteiger partial charge is 0.328 e. The predicted octanol–water partition coefficient (Wildman–Crippen LogP) is 11.1. The van der Waals surface area contributed by atoms with Gasteiger partial charge in [-0.05, 0) is 145 Å². The van der Waals surface area contributed by atoms with E-state index in [-0.39, 0.29) is 5.78 Å². The number of rotatable bonds is 22. The van der Waals surface area contributed by atoms with Crippen LogP contribution in [0.5, 0.6) is 46.0 Å². The van der Waals surface area contributed by atoms with Gasteiger partial charge >= 0.3 is 5.97 Å². The summed E-state index contributed by atoms with van der Waals surface area (Å²) in [5.74, 6) is 4.56. The summed E-state index contributed by atoms with van der Waals surface area (Å²) in [4.78, 5) is 22.9. The summed E-state index contributed by atoms with van der Waals surface area (Å²) >= 11 is 0. The van der Waals surface area contributed by atoms with Crippen LogP contribution in [-0.2, 0) is 35.6 Å². The van der Waals surface area contributed by atoms with Gasteiger partial charge in [0, 0.05) is 12.5 Å². The standard InChI is InChI=1S/C29H32O5.C16H19NO2.C12H14O4/c1-21-17-27(32-3)28(33-4)19-24(21)14-15-25(30)12-8-11-22-13-16-26(31-2)29(18-22)34-20-23-9-6-5-7-10-23;1-18-15-8-7-13(9-10-17)11-16(15)19-12-14-5-3-2-4-6-14;1-8-6-10(15-2)11(16-3)7-9(8)4-5-12(13)14/h5-7,9-10,13-19H,8,11-12,20H2,1-4H3;2-8,11H,9-10,12,17H2,1H3;4-7H,1-3H3,(H,13,14)/b15-14+;;5-4+. The van der Waals surface area contributed by atoms with Crippen molar-refractivity contribution in [2.75, 3.05) is 49.2 Å². The average Bonchev–Trinajstić information content (AvgIpc) is 3.37. The van der Waals surface area contributed by atoms with E-state index in [0.29, 0.717) is 60.7 Å². The molecule has 3 N–H and O–H groups in total. The summed E-state index contributed by atoms with van der Waals surface area (Å²) in [5, 5.41) is 8.55. The minimum absolute atomic E-state index is 0.0863. The summed E-state index contributed by atoms with van der Waals surface area (Å²) in [6, 6.07) is 39.3. The molecule has 0 aromatic heterocycles. The van der Waals surface area contributed by atoms with Crippen LogP contribution in [0.4, 0.5) is 0 Å². The van der Waals surface area contributed by atoms with Crippen molar-refractivity contribution in [1.29, 1.82) is 0 Å². The molecule has 0 heterocycles. The molecule has 12 nitrogen and oxygen atoms in total. The maximum atomic E-state index is 12.4. The second-order valence-corrected chi connectivity index (χ2v) is 15.5. The molecule has 0 aliphatic heterocycles. The molecule has 6 aromatic carbocycles. The van der Waals surface area contributed by atoms with E-state index < -0.39 is 5.97 Å². The van der Waals surface area contributed by atoms with Crippen molar-refractivity contribution in [1.82, 2.24) is 0 Å². The molecule has 0 radical (unpaired) electrons. The predicted molar refractivity (Wildman–Crippen MR) is 273 cm³/mol. The third kappa shape index (κ3) is 17.8. The van der Waals surface area contributed by atoms with E-state index in [0.717, 1.165) is 81.3 Å². The Bertz CT molecular complexity index is 2590. The molecule has 0 spiro atoms. The molecule has 6 rings (SSSR count). The highest BCUT2D eigenvalue weighted by Gasteiger charge is 2.11. The monoisotopic (exact) mass is 939 g/mol. The molecule has 0 fully saturated rings. The van der Waals surface area contributed by atoms with Gasteiger partial charge in [-0.25, -0.2) is 4.79 Å². The van der Waals surface area contributed by atoms with Crippen LogP contribution in [0.3, 0.4) is 0 Å². The number of aliphatic carboxylic acids is 1. The molecule has 0 unspecified atom stereocenters. The number of carbonyl (C=O) groups excluding carboxylic acids is 1. The van der Waals surface area contributed by atoms with E-state index in [1.54, 1.807) is 53.8 Å². The SMILES string of the molecule is COc1cc(C)c(/C=C/C(=O)CCCc2ccc(OC)c(OCc3ccccc3)c2)cc1OC.COc1cc(C)c(/C=C/C(=O)O)cc1OC.COc1ccc(CCN)cc1OCc1ccccc1. The Morgan fingerprint density at radius 1 is 0.478 bits per heavy atom. The van der Waals surface area contributed by atoms with Crippen molar-refractivity contribution in [2.45, 2.75) is 52.7 Å². The molecule has 69 heavy (non-hydrogen) atoms. The molecule has 0 bridgehead atoms. The van der Waals surface area contributed by atoms with Gasteiger partial charge in [0.05, 0.1) is 42.7 Å². The van der Waals surface area contributed by atoms with Crippen molar-refractivity contribution in [3.05, 3.63) is 178 Å². The number of methoxy groups -OCH3 is 6. The van der Waals surface area contributed by atoms with Gasteiger partial charge in [0.15, 0.2) is 51.8 Å². The Labute approximate surface area is 406 Å². The Kier molecular flexibility index (Phi) is 22.8. The van der Waals surface area contributed by atoms with E-state index in [1.165, 1.54) is 13.2 Å². The number of allylic oxidation sites excluding steroid dienone is 1. The lowest BCUT2D eigenvalue weighted by atomic mass is 10.0. The van der Waals surface area contributed by atoms with Crippen LogP contribution in [0.25, 0.3) is 12.2 Å². The summed E-state index contributed by atoms with van der Waals surface area (Å²) in [7, 11) is 9.59. The quantitative estimate of drug-likeness (QED) is 0.0623. The lowest BCUT2D eigenvalue weighted by molar-refractivity contribution is -0.131. The van der Waals surface area contributed by atoms with E-state index in [1.807, 2.05) is 129 Å². The van der Waals surface area contributed by atoms with E-state index in [9.17, 15) is 9.59 Å². The summed E-state index contributed by atoms with van der Waals surface area (Å²) in [6.45, 7) is 5.49. The highest BCUT2D eigenvalue weighted by atomic mass is 16.5. The van der Waals surface area contributed by atoms with Crippen molar-refractivity contribution in [2.24, 2.45) is 5.73 Å². The number of ketones is 1. The third-order valence-corrected chi connectivity index (χ3v) is 10.7. The minimum atomic E-state index is -0.978. The molecule has 0 saturated heterocycles. The lowest BCUT2D eigenvalue weighted by Gasteiger charge is -2.12. The highest BCUT2D eigenvalue weighted by Crippen LogP contribution is 2.33. The number of aryl methyl sites for hydroxylation is 3. The van der Waals surface area contributed by atoms with E-state index in [2.05, 4.69) is 0 Å². The Balaban J connectivity index is 0.000000249. The number of nitrogens with two attached hydrogens (primary N) is 1. The zero-order chi connectivity index (χ0) is 50.0. The number of ether oxygens (including phenoxy) is 8. The largest absolute Gasteiger partial charge is 0.493 e. The average molecular weight is 940 g/mol. The maximum Gasteiger partial charge on any atom is 0.328 e. The van der Waals surface area contributed by atoms with Crippen molar-refractivity contribution in [3.8, 4) is 46.0 Å². The minimum Gasteiger partial charge on any atom is -0.493 e. The van der Waals surface area contributed by atoms with Gasteiger partial charge in [0.1, 0.15) is 13.2 Å². The van der Waals surface area contributed by atoms with Crippen LogP contribution in [0.1, 0.15) is 57.3 Å². The van der Waals surface area contributed by atoms with Crippen LogP contribution in [0, 0.1) is 13.8 Å². The van der Waals surface area contributed by atoms with Crippen LogP contribution in [0.15, 0.2) is 133 Å². The third-order valence-electron chi connectivity index (χ3n) is 10.7. The van der Waals surface area contributed by atoms with Gasteiger partial charge in [-0.3, -0.25) is 4.79 Å². The second-order valence-electron chi connectivity index (χ2n) is 15.5. The fraction of sp³-hybridized carbons (Fsp3) is 0.263. The van der Waals surface area contributed by atoms with Crippen molar-refractivity contribution >= 4 is 23.9 Å². The molecular weight excluding hydrogens is 875 g/mol. The van der Waals surface area contributed by atoms with Gasteiger partial charge in [-0.1, -0.05) is 78.9 Å². The van der Waals surface area contributed by atoms with Crippen LogP contribution < -0.4 is 43.6 Å². The number of hydrogen-bond acceptors (Lipinski definition) is 11. The Hall–Kier alpha value is -7.70. The van der Waals surface area contributed by atoms with Gasteiger partial charge < -0.3 is 48.7 Å². The van der Waals surface area contributed by atoms with Gasteiger partial charge in [-0.15, -0.1) is 0 Å².